The predicted octanol–water partition coefficient (Wildman–Crippen LogP) is 3.82. The van der Waals surface area contributed by atoms with E-state index in [4.69, 9.17) is 9.72 Å². The normalized spacial score (nSPS) is 16.8. The van der Waals surface area contributed by atoms with Gasteiger partial charge in [-0.05, 0) is 43.2 Å². The molecule has 1 unspecified atom stereocenters. The van der Waals surface area contributed by atoms with Gasteiger partial charge in [-0.3, -0.25) is 9.36 Å². The van der Waals surface area contributed by atoms with Gasteiger partial charge >= 0.3 is 0 Å². The highest BCUT2D eigenvalue weighted by Gasteiger charge is 2.21. The Labute approximate surface area is 170 Å². The average Bonchev–Trinajstić information content (AvgIpc) is 3.36. The van der Waals surface area contributed by atoms with Crippen molar-refractivity contribution in [2.75, 3.05) is 32.1 Å². The molecule has 1 fully saturated rings. The minimum Gasteiger partial charge on any atom is -0.376 e. The van der Waals surface area contributed by atoms with E-state index in [1.807, 2.05) is 49.3 Å². The number of nitrogens with one attached hydrogen (secondary N) is 1. The van der Waals surface area contributed by atoms with E-state index in [0.717, 1.165) is 45.9 Å². The van der Waals surface area contributed by atoms with Crippen molar-refractivity contribution in [2.45, 2.75) is 18.9 Å². The molecule has 1 N–H and O–H groups in total. The van der Waals surface area contributed by atoms with E-state index >= 15 is 0 Å². The summed E-state index contributed by atoms with van der Waals surface area (Å²) in [5, 5.41) is 2.99. The number of thiophene rings is 1. The number of rotatable bonds is 5. The maximum atomic E-state index is 12.6. The smallest absolute Gasteiger partial charge is 0.261 e. The zero-order valence-electron chi connectivity index (χ0n) is 15.2. The molecule has 1 aliphatic heterocycles. The van der Waals surface area contributed by atoms with Crippen LogP contribution >= 0.6 is 27.3 Å². The minimum absolute atomic E-state index is 0.0674. The van der Waals surface area contributed by atoms with Crippen LogP contribution in [0.2, 0.25) is 0 Å². The number of anilines is 1. The maximum Gasteiger partial charge on any atom is 0.261 e. The Morgan fingerprint density at radius 3 is 2.85 bits per heavy atom. The van der Waals surface area contributed by atoms with Gasteiger partial charge in [0.2, 0.25) is 5.95 Å². The molecule has 0 aliphatic carbocycles. The third-order valence-electron chi connectivity index (χ3n) is 4.54. The average molecular weight is 449 g/mol. The van der Waals surface area contributed by atoms with E-state index in [9.17, 15) is 4.79 Å². The number of carbonyl (C=O) groups excluding carboxylic acids is 1. The maximum absolute atomic E-state index is 12.6. The Kier molecular flexibility index (Phi) is 5.21. The van der Waals surface area contributed by atoms with Gasteiger partial charge in [-0.2, -0.15) is 0 Å². The Morgan fingerprint density at radius 2 is 2.19 bits per heavy atom. The Balaban J connectivity index is 1.65. The van der Waals surface area contributed by atoms with Crippen molar-refractivity contribution in [3.05, 3.63) is 39.7 Å². The number of benzene rings is 1. The van der Waals surface area contributed by atoms with Crippen LogP contribution in [0.5, 0.6) is 0 Å². The van der Waals surface area contributed by atoms with E-state index < -0.39 is 0 Å². The summed E-state index contributed by atoms with van der Waals surface area (Å²) in [6, 6.07) is 9.95. The number of hydrogen-bond donors (Lipinski definition) is 1. The number of aromatic nitrogens is 2. The second-order valence-corrected chi connectivity index (χ2v) is 8.71. The molecule has 0 saturated carbocycles. The molecule has 0 bridgehead atoms. The molecule has 1 aromatic carbocycles. The molecule has 3 heterocycles. The van der Waals surface area contributed by atoms with Gasteiger partial charge < -0.3 is 15.0 Å². The van der Waals surface area contributed by atoms with Crippen molar-refractivity contribution in [2.24, 2.45) is 0 Å². The highest BCUT2D eigenvalue weighted by molar-refractivity contribution is 9.10. The molecule has 6 nitrogen and oxygen atoms in total. The van der Waals surface area contributed by atoms with Crippen LogP contribution in [-0.2, 0) is 4.74 Å². The van der Waals surface area contributed by atoms with Gasteiger partial charge in [0, 0.05) is 37.4 Å². The summed E-state index contributed by atoms with van der Waals surface area (Å²) in [6.45, 7) is 1.35. The number of ether oxygens (including phenoxy) is 1. The number of amides is 1. The first-order valence-electron chi connectivity index (χ1n) is 8.88. The molecular weight excluding hydrogens is 428 g/mol. The van der Waals surface area contributed by atoms with E-state index in [2.05, 4.69) is 25.8 Å². The van der Waals surface area contributed by atoms with Crippen molar-refractivity contribution < 1.29 is 9.53 Å². The van der Waals surface area contributed by atoms with E-state index in [1.165, 1.54) is 11.3 Å². The van der Waals surface area contributed by atoms with E-state index in [1.54, 1.807) is 0 Å². The molecule has 1 aliphatic rings. The summed E-state index contributed by atoms with van der Waals surface area (Å²) in [7, 11) is 3.94. The van der Waals surface area contributed by atoms with Crippen molar-refractivity contribution in [1.82, 2.24) is 14.9 Å². The van der Waals surface area contributed by atoms with Crippen LogP contribution in [0.3, 0.4) is 0 Å². The van der Waals surface area contributed by atoms with Crippen molar-refractivity contribution in [3.8, 4) is 5.69 Å². The topological polar surface area (TPSA) is 59.4 Å². The van der Waals surface area contributed by atoms with Crippen molar-refractivity contribution in [1.29, 1.82) is 0 Å². The lowest BCUT2D eigenvalue weighted by molar-refractivity contribution is 0.0861. The molecule has 3 aromatic rings. The number of fused-ring (bicyclic) bond motifs is 1. The second kappa shape index (κ2) is 7.61. The Hall–Kier alpha value is -1.90. The van der Waals surface area contributed by atoms with Gasteiger partial charge in [0.05, 0.1) is 11.0 Å². The second-order valence-electron chi connectivity index (χ2n) is 6.76. The molecule has 1 amide bonds. The Bertz CT molecular complexity index is 958. The molecule has 142 valence electrons. The lowest BCUT2D eigenvalue weighted by Crippen LogP contribution is -2.31. The molecule has 27 heavy (non-hydrogen) atoms. The Morgan fingerprint density at radius 1 is 1.41 bits per heavy atom. The number of hydrogen-bond acceptors (Lipinski definition) is 5. The first kappa shape index (κ1) is 18.5. The number of nitrogens with zero attached hydrogens (tertiary/aromatic N) is 3. The molecule has 1 atom stereocenters. The van der Waals surface area contributed by atoms with Gasteiger partial charge in [-0.1, -0.05) is 15.9 Å². The molecule has 2 aromatic heterocycles. The summed E-state index contributed by atoms with van der Waals surface area (Å²) in [6.07, 6.45) is 2.21. The zero-order valence-corrected chi connectivity index (χ0v) is 17.6. The first-order chi connectivity index (χ1) is 13.0. The van der Waals surface area contributed by atoms with Crippen LogP contribution in [0.4, 0.5) is 5.95 Å². The third kappa shape index (κ3) is 3.74. The fourth-order valence-electron chi connectivity index (χ4n) is 3.19. The summed E-state index contributed by atoms with van der Waals surface area (Å²) < 4.78 is 8.68. The van der Waals surface area contributed by atoms with Crippen molar-refractivity contribution in [3.63, 3.8) is 0 Å². The van der Waals surface area contributed by atoms with Crippen molar-refractivity contribution >= 4 is 49.5 Å². The molecule has 0 spiro atoms. The summed E-state index contributed by atoms with van der Waals surface area (Å²) in [4.78, 5) is 20.9. The third-order valence-corrected chi connectivity index (χ3v) is 6.18. The summed E-state index contributed by atoms with van der Waals surface area (Å²) >= 11 is 4.94. The highest BCUT2D eigenvalue weighted by Crippen LogP contribution is 2.33. The monoisotopic (exact) mass is 448 g/mol. The van der Waals surface area contributed by atoms with E-state index in [-0.39, 0.29) is 12.0 Å². The molecule has 8 heteroatoms. The molecular formula is C19H21BrN4O2S. The van der Waals surface area contributed by atoms with Crippen LogP contribution in [0.1, 0.15) is 22.5 Å². The SMILES string of the molecule is CN(C)c1nc2cc(C(=O)NCC3CCCO3)sc2n1-c1ccc(Br)cc1. The summed E-state index contributed by atoms with van der Waals surface area (Å²) in [5.74, 6) is 0.771. The lowest BCUT2D eigenvalue weighted by Gasteiger charge is -2.15. The van der Waals surface area contributed by atoms with Gasteiger partial charge in [-0.15, -0.1) is 11.3 Å². The van der Waals surface area contributed by atoms with Crippen LogP contribution in [0, 0.1) is 0 Å². The largest absolute Gasteiger partial charge is 0.376 e. The lowest BCUT2D eigenvalue weighted by atomic mass is 10.2. The van der Waals surface area contributed by atoms with Crippen LogP contribution < -0.4 is 10.2 Å². The predicted molar refractivity (Wildman–Crippen MR) is 112 cm³/mol. The molecule has 1 saturated heterocycles. The summed E-state index contributed by atoms with van der Waals surface area (Å²) in [5.41, 5.74) is 1.84. The zero-order chi connectivity index (χ0) is 19.0. The number of imidazole rings is 1. The molecule has 4 rings (SSSR count). The highest BCUT2D eigenvalue weighted by atomic mass is 79.9. The standard InChI is InChI=1S/C19H21BrN4O2S/c1-23(2)19-22-15-10-16(17(25)21-11-14-4-3-9-26-14)27-18(15)24(19)13-7-5-12(20)6-8-13/h5-8,10,14H,3-4,9,11H2,1-2H3,(H,21,25). The fourth-order valence-corrected chi connectivity index (χ4v) is 4.49. The fraction of sp³-hybridized carbons (Fsp3) is 0.368. The number of halogens is 1. The number of carbonyl (C=O) groups is 1. The quantitative estimate of drug-likeness (QED) is 0.644. The van der Waals surface area contributed by atoms with Crippen LogP contribution in [0.15, 0.2) is 34.8 Å². The van der Waals surface area contributed by atoms with Crippen LogP contribution in [0.25, 0.3) is 16.0 Å². The molecule has 0 radical (unpaired) electrons. The van der Waals surface area contributed by atoms with Gasteiger partial charge in [0.15, 0.2) is 0 Å². The van der Waals surface area contributed by atoms with Gasteiger partial charge in [0.1, 0.15) is 10.3 Å². The van der Waals surface area contributed by atoms with Crippen LogP contribution in [-0.4, -0.2) is 48.8 Å². The van der Waals surface area contributed by atoms with Gasteiger partial charge in [0.25, 0.3) is 5.91 Å². The minimum atomic E-state index is -0.0674. The van der Waals surface area contributed by atoms with E-state index in [0.29, 0.717) is 11.4 Å². The first-order valence-corrected chi connectivity index (χ1v) is 10.5. The van der Waals surface area contributed by atoms with Gasteiger partial charge in [-0.25, -0.2) is 4.98 Å².